The van der Waals surface area contributed by atoms with Crippen LogP contribution in [0.15, 0.2) is 48.5 Å². The van der Waals surface area contributed by atoms with Gasteiger partial charge in [0, 0.05) is 35.3 Å². The first-order valence-corrected chi connectivity index (χ1v) is 9.43. The van der Waals surface area contributed by atoms with Crippen LogP contribution in [0.2, 0.25) is 0 Å². The first-order chi connectivity index (χ1) is 14.0. The number of hydrogen-bond donors (Lipinski definition) is 1. The third-order valence-electron chi connectivity index (χ3n) is 5.10. The number of nitrogens with zero attached hydrogens (tertiary/aromatic N) is 3. The zero-order chi connectivity index (χ0) is 20.5. The Morgan fingerprint density at radius 1 is 0.862 bits per heavy atom. The maximum Gasteiger partial charge on any atom is 0.150 e. The molecule has 29 heavy (non-hydrogen) atoms. The molecule has 0 aliphatic carbocycles. The van der Waals surface area contributed by atoms with Crippen LogP contribution < -0.4 is 14.8 Å². The van der Waals surface area contributed by atoms with Gasteiger partial charge in [-0.2, -0.15) is 0 Å². The molecule has 0 unspecified atom stereocenters. The number of para-hydroxylation sites is 1. The molecule has 0 saturated carbocycles. The van der Waals surface area contributed by atoms with Crippen LogP contribution in [0.1, 0.15) is 17.1 Å². The number of rotatable bonds is 5. The van der Waals surface area contributed by atoms with Crippen molar-refractivity contribution >= 4 is 22.5 Å². The van der Waals surface area contributed by atoms with E-state index in [4.69, 9.17) is 19.4 Å². The van der Waals surface area contributed by atoms with E-state index in [0.717, 1.165) is 39.5 Å². The third-order valence-corrected chi connectivity index (χ3v) is 5.10. The lowest BCUT2D eigenvalue weighted by molar-refractivity contribution is 0.395. The summed E-state index contributed by atoms with van der Waals surface area (Å²) in [5.41, 5.74) is 5.08. The lowest BCUT2D eigenvalue weighted by Gasteiger charge is -2.12. The lowest BCUT2D eigenvalue weighted by Crippen LogP contribution is -2.02. The maximum absolute atomic E-state index is 5.39. The van der Waals surface area contributed by atoms with Crippen LogP contribution in [-0.4, -0.2) is 28.8 Å². The monoisotopic (exact) mass is 388 g/mol. The minimum Gasteiger partial charge on any atom is -0.497 e. The van der Waals surface area contributed by atoms with E-state index >= 15 is 0 Å². The molecular weight excluding hydrogens is 364 g/mol. The van der Waals surface area contributed by atoms with E-state index in [1.165, 1.54) is 0 Å². The predicted octanol–water partition coefficient (Wildman–Crippen LogP) is 5.11. The summed E-state index contributed by atoms with van der Waals surface area (Å²) in [5, 5.41) is 4.44. The number of benzene rings is 2. The van der Waals surface area contributed by atoms with E-state index in [9.17, 15) is 0 Å². The molecule has 2 heterocycles. The van der Waals surface area contributed by atoms with Crippen molar-refractivity contribution in [3.8, 4) is 17.2 Å². The highest BCUT2D eigenvalue weighted by Gasteiger charge is 2.19. The maximum atomic E-state index is 5.39. The van der Waals surface area contributed by atoms with Crippen LogP contribution in [0.3, 0.4) is 0 Å². The van der Waals surface area contributed by atoms with Crippen LogP contribution >= 0.6 is 0 Å². The molecule has 0 spiro atoms. The second-order valence-corrected chi connectivity index (χ2v) is 6.93. The van der Waals surface area contributed by atoms with E-state index in [1.54, 1.807) is 14.2 Å². The first-order valence-electron chi connectivity index (χ1n) is 9.43. The van der Waals surface area contributed by atoms with Gasteiger partial charge in [0.15, 0.2) is 5.65 Å². The molecule has 4 rings (SSSR count). The fourth-order valence-corrected chi connectivity index (χ4v) is 3.57. The molecule has 0 bridgehead atoms. The number of nitrogens with one attached hydrogen (secondary N) is 1. The second-order valence-electron chi connectivity index (χ2n) is 6.93. The highest BCUT2D eigenvalue weighted by molar-refractivity contribution is 5.94. The summed E-state index contributed by atoms with van der Waals surface area (Å²) < 4.78 is 13.0. The van der Waals surface area contributed by atoms with Crippen LogP contribution in [0.4, 0.5) is 11.5 Å². The number of fused-ring (bicyclic) bond motifs is 1. The average molecular weight is 388 g/mol. The van der Waals surface area contributed by atoms with Gasteiger partial charge >= 0.3 is 0 Å². The molecular formula is C23H24N4O2. The Morgan fingerprint density at radius 2 is 1.52 bits per heavy atom. The second kappa shape index (κ2) is 7.47. The summed E-state index contributed by atoms with van der Waals surface area (Å²) in [7, 11) is 3.28. The predicted molar refractivity (Wildman–Crippen MR) is 116 cm³/mol. The van der Waals surface area contributed by atoms with Crippen LogP contribution in [0.25, 0.3) is 16.7 Å². The number of anilines is 2. The van der Waals surface area contributed by atoms with Crippen molar-refractivity contribution in [3.05, 3.63) is 65.6 Å². The normalized spacial score (nSPS) is 10.9. The SMILES string of the molecule is COc1cc(Nc2nc(C)nc3c2c(C)c(C)n3-c2ccccc2)cc(OC)c1. The summed E-state index contributed by atoms with van der Waals surface area (Å²) in [4.78, 5) is 9.47. The molecule has 0 atom stereocenters. The van der Waals surface area contributed by atoms with Crippen molar-refractivity contribution in [1.29, 1.82) is 0 Å². The zero-order valence-electron chi connectivity index (χ0n) is 17.3. The van der Waals surface area contributed by atoms with Gasteiger partial charge in [-0.15, -0.1) is 0 Å². The summed E-state index contributed by atoms with van der Waals surface area (Å²) in [6.45, 7) is 6.12. The average Bonchev–Trinajstić information content (AvgIpc) is 2.98. The Kier molecular flexibility index (Phi) is 4.84. The fraction of sp³-hybridized carbons (Fsp3) is 0.217. The highest BCUT2D eigenvalue weighted by atomic mass is 16.5. The Hall–Kier alpha value is -3.54. The molecule has 6 nitrogen and oxygen atoms in total. The van der Waals surface area contributed by atoms with Crippen molar-refractivity contribution in [3.63, 3.8) is 0 Å². The Labute approximate surface area is 170 Å². The van der Waals surface area contributed by atoms with Gasteiger partial charge in [-0.1, -0.05) is 18.2 Å². The van der Waals surface area contributed by atoms with Gasteiger partial charge in [-0.3, -0.25) is 4.57 Å². The van der Waals surface area contributed by atoms with Gasteiger partial charge in [0.2, 0.25) is 0 Å². The van der Waals surface area contributed by atoms with E-state index in [-0.39, 0.29) is 0 Å². The van der Waals surface area contributed by atoms with Crippen LogP contribution in [0.5, 0.6) is 11.5 Å². The van der Waals surface area contributed by atoms with Crippen LogP contribution in [-0.2, 0) is 0 Å². The van der Waals surface area contributed by atoms with Gasteiger partial charge in [-0.25, -0.2) is 9.97 Å². The minimum absolute atomic E-state index is 0.699. The number of aromatic nitrogens is 3. The molecule has 0 fully saturated rings. The van der Waals surface area contributed by atoms with Crippen molar-refractivity contribution in [2.75, 3.05) is 19.5 Å². The number of methoxy groups -OCH3 is 2. The molecule has 0 aliphatic heterocycles. The first kappa shape index (κ1) is 18.8. The lowest BCUT2D eigenvalue weighted by atomic mass is 10.2. The van der Waals surface area contributed by atoms with Gasteiger partial charge in [0.1, 0.15) is 23.1 Å². The largest absolute Gasteiger partial charge is 0.497 e. The third kappa shape index (κ3) is 3.38. The van der Waals surface area contributed by atoms with Crippen molar-refractivity contribution < 1.29 is 9.47 Å². The molecule has 0 amide bonds. The van der Waals surface area contributed by atoms with Gasteiger partial charge < -0.3 is 14.8 Å². The van der Waals surface area contributed by atoms with E-state index in [2.05, 4.69) is 35.9 Å². The highest BCUT2D eigenvalue weighted by Crippen LogP contribution is 2.34. The van der Waals surface area contributed by atoms with Crippen molar-refractivity contribution in [2.24, 2.45) is 0 Å². The van der Waals surface area contributed by atoms with Gasteiger partial charge in [-0.05, 0) is 38.5 Å². The van der Waals surface area contributed by atoms with Gasteiger partial charge in [0.05, 0.1) is 19.6 Å². The van der Waals surface area contributed by atoms with Gasteiger partial charge in [0.25, 0.3) is 0 Å². The van der Waals surface area contributed by atoms with E-state index in [0.29, 0.717) is 17.3 Å². The number of hydrogen-bond acceptors (Lipinski definition) is 5. The molecule has 0 aliphatic rings. The molecule has 2 aromatic carbocycles. The summed E-state index contributed by atoms with van der Waals surface area (Å²) in [5.74, 6) is 2.88. The summed E-state index contributed by atoms with van der Waals surface area (Å²) in [6.07, 6.45) is 0. The molecule has 4 aromatic rings. The van der Waals surface area contributed by atoms with E-state index < -0.39 is 0 Å². The molecule has 0 saturated heterocycles. The van der Waals surface area contributed by atoms with Crippen LogP contribution in [0, 0.1) is 20.8 Å². The van der Waals surface area contributed by atoms with Crippen molar-refractivity contribution in [1.82, 2.24) is 14.5 Å². The topological polar surface area (TPSA) is 61.2 Å². The van der Waals surface area contributed by atoms with E-state index in [1.807, 2.05) is 43.3 Å². The zero-order valence-corrected chi connectivity index (χ0v) is 17.3. The van der Waals surface area contributed by atoms with Crippen molar-refractivity contribution in [2.45, 2.75) is 20.8 Å². The smallest absolute Gasteiger partial charge is 0.150 e. The summed E-state index contributed by atoms with van der Waals surface area (Å²) in [6, 6.07) is 15.9. The Morgan fingerprint density at radius 3 is 2.14 bits per heavy atom. The quantitative estimate of drug-likeness (QED) is 0.515. The Bertz CT molecular complexity index is 1160. The fourth-order valence-electron chi connectivity index (χ4n) is 3.57. The number of aryl methyl sites for hydroxylation is 2. The standard InChI is InChI=1S/C23H24N4O2/c1-14-15(2)27(18-9-7-6-8-10-18)23-21(14)22(24-16(3)25-23)26-17-11-19(28-4)13-20(12-17)29-5/h6-13H,1-5H3,(H,24,25,26). The molecule has 2 aromatic heterocycles. The molecule has 148 valence electrons. The molecule has 6 heteroatoms. The minimum atomic E-state index is 0.699. The molecule has 0 radical (unpaired) electrons. The Balaban J connectivity index is 1.91. The summed E-state index contributed by atoms with van der Waals surface area (Å²) >= 11 is 0. The number of ether oxygens (including phenoxy) is 2. The molecule has 1 N–H and O–H groups in total.